The van der Waals surface area contributed by atoms with E-state index in [-0.39, 0.29) is 0 Å². The molecule has 0 amide bonds. The van der Waals surface area contributed by atoms with Crippen LogP contribution in [0, 0.1) is 35.0 Å². The number of hydrogen-bond donors (Lipinski definition) is 1. The highest BCUT2D eigenvalue weighted by molar-refractivity contribution is 7.99. The van der Waals surface area contributed by atoms with E-state index in [1.807, 2.05) is 13.0 Å². The summed E-state index contributed by atoms with van der Waals surface area (Å²) in [6, 6.07) is 0. The van der Waals surface area contributed by atoms with Crippen molar-refractivity contribution in [3.05, 3.63) is 12.3 Å². The first-order valence-corrected chi connectivity index (χ1v) is 10.2. The highest BCUT2D eigenvalue weighted by Gasteiger charge is 2.32. The molecule has 23 heavy (non-hydrogen) atoms. The van der Waals surface area contributed by atoms with Gasteiger partial charge in [0.2, 0.25) is 0 Å². The molecule has 2 saturated carbocycles. The van der Waals surface area contributed by atoms with E-state index in [1.54, 1.807) is 6.20 Å². The van der Waals surface area contributed by atoms with Crippen molar-refractivity contribution in [2.75, 3.05) is 11.5 Å². The highest BCUT2D eigenvalue weighted by atomic mass is 32.2. The van der Waals surface area contributed by atoms with E-state index in [0.29, 0.717) is 11.8 Å². The van der Waals surface area contributed by atoms with E-state index < -0.39 is 0 Å². The van der Waals surface area contributed by atoms with Crippen LogP contribution in [0.4, 0.5) is 0 Å². The van der Waals surface area contributed by atoms with Crippen LogP contribution in [-0.2, 0) is 0 Å². The average molecular weight is 332 g/mol. The molecule has 4 rings (SSSR count). The van der Waals surface area contributed by atoms with Crippen LogP contribution in [0.15, 0.2) is 22.3 Å². The molecule has 2 heterocycles. The van der Waals surface area contributed by atoms with Gasteiger partial charge in [-0.2, -0.15) is 11.8 Å². The molecule has 0 radical (unpaired) electrons. The Balaban J connectivity index is 1.49. The lowest BCUT2D eigenvalue weighted by Gasteiger charge is -2.31. The molecule has 2 bridgehead atoms. The second-order valence-corrected chi connectivity index (χ2v) is 8.71. The van der Waals surface area contributed by atoms with E-state index in [0.717, 1.165) is 42.1 Å². The van der Waals surface area contributed by atoms with Gasteiger partial charge in [0.25, 0.3) is 0 Å². The number of nitrogens with zero attached hydrogens (tertiary/aromatic N) is 2. The van der Waals surface area contributed by atoms with Gasteiger partial charge in [0, 0.05) is 24.0 Å². The highest BCUT2D eigenvalue weighted by Crippen LogP contribution is 2.40. The Bertz CT molecular complexity index is 513. The molecule has 0 aromatic carbocycles. The zero-order chi connectivity index (χ0) is 16.2. The lowest BCUT2D eigenvalue weighted by atomic mass is 9.73. The van der Waals surface area contributed by atoms with Crippen LogP contribution in [0.2, 0.25) is 0 Å². The largest absolute Gasteiger partial charge is 0.305 e. The molecule has 4 fully saturated rings. The minimum atomic E-state index is 0.458. The molecule has 0 aromatic heterocycles. The predicted molar refractivity (Wildman–Crippen MR) is 102 cm³/mol. The van der Waals surface area contributed by atoms with Crippen LogP contribution in [0.1, 0.15) is 46.0 Å². The van der Waals surface area contributed by atoms with Gasteiger partial charge < -0.3 is 5.41 Å². The van der Waals surface area contributed by atoms with Crippen molar-refractivity contribution in [1.29, 1.82) is 5.41 Å². The monoisotopic (exact) mass is 331 g/mol. The number of hydrogen-bond acceptors (Lipinski definition) is 3. The minimum Gasteiger partial charge on any atom is -0.305 e. The first-order chi connectivity index (χ1) is 11.1. The molecule has 1 N–H and O–H groups in total. The van der Waals surface area contributed by atoms with Crippen molar-refractivity contribution in [2.45, 2.75) is 46.0 Å². The summed E-state index contributed by atoms with van der Waals surface area (Å²) in [7, 11) is 0. The minimum absolute atomic E-state index is 0.458. The van der Waals surface area contributed by atoms with E-state index in [2.05, 4.69) is 34.9 Å². The molecular weight excluding hydrogens is 302 g/mol. The van der Waals surface area contributed by atoms with Gasteiger partial charge in [-0.25, -0.2) is 9.98 Å². The number of aliphatic imine (C=N–C) groups is 2. The van der Waals surface area contributed by atoms with Gasteiger partial charge in [0.15, 0.2) is 0 Å². The first-order valence-electron chi connectivity index (χ1n) is 9.03. The van der Waals surface area contributed by atoms with Crippen molar-refractivity contribution in [1.82, 2.24) is 0 Å². The van der Waals surface area contributed by atoms with Gasteiger partial charge >= 0.3 is 0 Å². The van der Waals surface area contributed by atoms with E-state index >= 15 is 0 Å². The number of fused-ring (bicyclic) bond motifs is 4. The van der Waals surface area contributed by atoms with Crippen LogP contribution in [-0.4, -0.2) is 29.3 Å². The quantitative estimate of drug-likeness (QED) is 0.582. The molecule has 0 spiro atoms. The third-order valence-corrected chi connectivity index (χ3v) is 7.00. The summed E-state index contributed by atoms with van der Waals surface area (Å²) in [5.41, 5.74) is 0.724. The van der Waals surface area contributed by atoms with Gasteiger partial charge in [-0.15, -0.1) is 0 Å². The Morgan fingerprint density at radius 1 is 1.17 bits per heavy atom. The van der Waals surface area contributed by atoms with Crippen molar-refractivity contribution in [3.63, 3.8) is 0 Å². The molecule has 126 valence electrons. The molecule has 4 heteroatoms. The maximum atomic E-state index is 8.03. The van der Waals surface area contributed by atoms with Crippen molar-refractivity contribution < 1.29 is 0 Å². The second kappa shape index (κ2) is 7.78. The number of nitrogens with one attached hydrogen (secondary N) is 1. The number of amidine groups is 1. The van der Waals surface area contributed by atoms with Gasteiger partial charge in [-0.05, 0) is 80.3 Å². The van der Waals surface area contributed by atoms with E-state index in [4.69, 9.17) is 5.41 Å². The first kappa shape index (κ1) is 16.9. The van der Waals surface area contributed by atoms with Gasteiger partial charge in [0.1, 0.15) is 5.84 Å². The number of rotatable bonds is 4. The van der Waals surface area contributed by atoms with Gasteiger partial charge in [-0.3, -0.25) is 0 Å². The van der Waals surface area contributed by atoms with Crippen molar-refractivity contribution >= 4 is 29.5 Å². The predicted octanol–water partition coefficient (Wildman–Crippen LogP) is 4.83. The third-order valence-electron chi connectivity index (χ3n) is 5.62. The fraction of sp³-hybridized carbons (Fsp3) is 0.737. The fourth-order valence-electron chi connectivity index (χ4n) is 4.04. The molecule has 2 aliphatic carbocycles. The summed E-state index contributed by atoms with van der Waals surface area (Å²) in [5, 5.41) is 8.03. The Morgan fingerprint density at radius 3 is 2.78 bits per heavy atom. The van der Waals surface area contributed by atoms with Crippen LogP contribution >= 0.6 is 11.8 Å². The summed E-state index contributed by atoms with van der Waals surface area (Å²) in [5.74, 6) is 7.07. The Hall–Kier alpha value is -0.900. The average Bonchev–Trinajstić information content (AvgIpc) is 2.85. The summed E-state index contributed by atoms with van der Waals surface area (Å²) >= 11 is 2.13. The normalized spacial score (nSPS) is 38.0. The number of allylic oxidation sites excluding steroid dienone is 1. The lowest BCUT2D eigenvalue weighted by Crippen LogP contribution is -2.26. The maximum Gasteiger partial charge on any atom is 0.124 e. The zero-order valence-electron chi connectivity index (χ0n) is 14.4. The molecule has 3 unspecified atom stereocenters. The van der Waals surface area contributed by atoms with Crippen LogP contribution in [0.5, 0.6) is 0 Å². The molecule has 0 aromatic rings. The van der Waals surface area contributed by atoms with Crippen LogP contribution < -0.4 is 0 Å². The molecule has 2 aliphatic heterocycles. The summed E-state index contributed by atoms with van der Waals surface area (Å²) in [4.78, 5) is 8.98. The van der Waals surface area contributed by atoms with Crippen molar-refractivity contribution in [3.8, 4) is 0 Å². The molecule has 2 saturated heterocycles. The molecular formula is C19H29N3S. The topological polar surface area (TPSA) is 48.6 Å². The Kier molecular flexibility index (Phi) is 5.73. The SMILES string of the molecule is CC(=N/C=C/C(=N)[C@H]1C[C@@H](C)C1)/N=C/C1CC2CCC1CSC2. The van der Waals surface area contributed by atoms with Crippen LogP contribution in [0.3, 0.4) is 0 Å². The summed E-state index contributed by atoms with van der Waals surface area (Å²) < 4.78 is 0. The number of thioether (sulfide) groups is 1. The van der Waals surface area contributed by atoms with Crippen molar-refractivity contribution in [2.24, 2.45) is 39.6 Å². The molecule has 4 aliphatic rings. The third kappa shape index (κ3) is 4.56. The molecule has 3 atom stereocenters. The fourth-order valence-corrected chi connectivity index (χ4v) is 5.53. The summed E-state index contributed by atoms with van der Waals surface area (Å²) in [6.07, 6.45) is 12.2. The lowest BCUT2D eigenvalue weighted by molar-refractivity contribution is 0.279. The Morgan fingerprint density at radius 2 is 2.00 bits per heavy atom. The summed E-state index contributed by atoms with van der Waals surface area (Å²) in [6.45, 7) is 4.21. The second-order valence-electron chi connectivity index (χ2n) is 7.64. The maximum absolute atomic E-state index is 8.03. The Labute approximate surface area is 144 Å². The van der Waals surface area contributed by atoms with Crippen LogP contribution in [0.25, 0.3) is 0 Å². The van der Waals surface area contributed by atoms with Gasteiger partial charge in [-0.1, -0.05) is 6.92 Å². The molecule has 3 nitrogen and oxygen atoms in total. The standard InChI is InChI=1S/C19H29N3S/c1-13-7-17(8-13)19(20)5-6-21-14(2)22-10-18-9-15-3-4-16(18)12-23-11-15/h5-6,10,13,15-18,20H,3-4,7-9,11-12H2,1-2H3/b6-5+,20-19?,21-14-,22-10+/t13-,15?,16?,17+,18?. The van der Waals surface area contributed by atoms with E-state index in [9.17, 15) is 0 Å². The van der Waals surface area contributed by atoms with E-state index in [1.165, 1.54) is 30.8 Å². The zero-order valence-corrected chi connectivity index (χ0v) is 15.2. The smallest absolute Gasteiger partial charge is 0.124 e. The van der Waals surface area contributed by atoms with Gasteiger partial charge in [0.05, 0.1) is 0 Å².